The topological polar surface area (TPSA) is 30.3 Å². The number of nitrogens with zero attached hydrogens (tertiary/aromatic N) is 3. The maximum Gasteiger partial charge on any atom is 0.173 e. The average molecular weight is 352 g/mol. The third-order valence-electron chi connectivity index (χ3n) is 4.65. The van der Waals surface area contributed by atoms with Gasteiger partial charge in [-0.15, -0.1) is 0 Å². The minimum Gasteiger partial charge on any atom is -0.492 e. The zero-order valence-electron chi connectivity index (χ0n) is 13.9. The third-order valence-corrected chi connectivity index (χ3v) is 4.93. The molecule has 0 amide bonds. The molecule has 4 nitrogen and oxygen atoms in total. The van der Waals surface area contributed by atoms with E-state index in [-0.39, 0.29) is 5.75 Å². The van der Waals surface area contributed by atoms with Crippen LogP contribution in [0.25, 0.3) is 0 Å². The van der Waals surface area contributed by atoms with Gasteiger partial charge in [0.05, 0.1) is 12.1 Å². The molecular weight excluding hydrogens is 329 g/mol. The molecule has 1 atom stereocenters. The van der Waals surface area contributed by atoms with Gasteiger partial charge in [0.2, 0.25) is 0 Å². The van der Waals surface area contributed by atoms with E-state index in [1.54, 1.807) is 6.20 Å². The van der Waals surface area contributed by atoms with Crippen LogP contribution in [-0.2, 0) is 13.1 Å². The normalized spacial score (nSPS) is 18.7. The molecular formula is C18H23ClFN3O. The third kappa shape index (κ3) is 4.08. The highest BCUT2D eigenvalue weighted by Gasteiger charge is 2.23. The summed E-state index contributed by atoms with van der Waals surface area (Å²) in [6.45, 7) is 2.66. The molecule has 2 heterocycles. The first kappa shape index (κ1) is 17.2. The highest BCUT2D eigenvalue weighted by atomic mass is 35.5. The summed E-state index contributed by atoms with van der Waals surface area (Å²) in [5, 5.41) is 4.60. The van der Waals surface area contributed by atoms with Crippen molar-refractivity contribution in [3.8, 4) is 5.75 Å². The Morgan fingerprint density at radius 2 is 2.25 bits per heavy atom. The lowest BCUT2D eigenvalue weighted by Crippen LogP contribution is -2.39. The van der Waals surface area contributed by atoms with Gasteiger partial charge in [-0.3, -0.25) is 9.58 Å². The Hall–Kier alpha value is -1.59. The van der Waals surface area contributed by atoms with Crippen LogP contribution >= 0.6 is 11.6 Å². The molecule has 0 radical (unpaired) electrons. The molecule has 0 saturated carbocycles. The van der Waals surface area contributed by atoms with Gasteiger partial charge in [0.25, 0.3) is 0 Å². The largest absolute Gasteiger partial charge is 0.492 e. The number of hydrogen-bond acceptors (Lipinski definition) is 3. The minimum absolute atomic E-state index is 0.120. The first-order valence-electron chi connectivity index (χ1n) is 8.41. The molecule has 0 bridgehead atoms. The van der Waals surface area contributed by atoms with Crippen molar-refractivity contribution in [2.24, 2.45) is 0 Å². The van der Waals surface area contributed by atoms with E-state index < -0.39 is 5.82 Å². The van der Waals surface area contributed by atoms with E-state index in [0.717, 1.165) is 25.1 Å². The number of aromatic nitrogens is 2. The van der Waals surface area contributed by atoms with Crippen LogP contribution in [0.1, 0.15) is 31.2 Å². The summed E-state index contributed by atoms with van der Waals surface area (Å²) in [5.74, 6) is -0.278. The van der Waals surface area contributed by atoms with Gasteiger partial charge in [0, 0.05) is 31.5 Å². The SMILES string of the molecule is COc1c(F)cc(CN2CCCC[C@@H]2CCn2cccn2)cc1Cl. The molecule has 1 aliphatic rings. The zero-order valence-corrected chi connectivity index (χ0v) is 14.7. The summed E-state index contributed by atoms with van der Waals surface area (Å²) in [6.07, 6.45) is 8.46. The number of piperidine rings is 1. The Labute approximate surface area is 147 Å². The average Bonchev–Trinajstić information content (AvgIpc) is 3.07. The second-order valence-electron chi connectivity index (χ2n) is 6.27. The van der Waals surface area contributed by atoms with Crippen LogP contribution in [-0.4, -0.2) is 34.4 Å². The number of halogens is 2. The van der Waals surface area contributed by atoms with Crippen molar-refractivity contribution >= 4 is 11.6 Å². The molecule has 1 aliphatic heterocycles. The van der Waals surface area contributed by atoms with Crippen LogP contribution in [0.4, 0.5) is 4.39 Å². The standard InChI is InChI=1S/C18H23ClFN3O/c1-24-18-16(19)11-14(12-17(18)20)13-22-8-3-2-5-15(22)6-10-23-9-4-7-21-23/h4,7,9,11-12,15H,2-3,5-6,8,10,13H2,1H3/t15-/m1/s1. The van der Waals surface area contributed by atoms with E-state index in [0.29, 0.717) is 17.6 Å². The molecule has 0 spiro atoms. The Kier molecular flexibility index (Phi) is 5.74. The van der Waals surface area contributed by atoms with Crippen molar-refractivity contribution in [3.63, 3.8) is 0 Å². The molecule has 1 aromatic heterocycles. The number of likely N-dealkylation sites (tertiary alicyclic amines) is 1. The molecule has 2 aromatic rings. The van der Waals surface area contributed by atoms with Gasteiger partial charge < -0.3 is 4.74 Å². The quantitative estimate of drug-likeness (QED) is 0.784. The fourth-order valence-corrected chi connectivity index (χ4v) is 3.75. The summed E-state index contributed by atoms with van der Waals surface area (Å²) in [7, 11) is 1.43. The highest BCUT2D eigenvalue weighted by Crippen LogP contribution is 2.30. The highest BCUT2D eigenvalue weighted by molar-refractivity contribution is 6.32. The molecule has 24 heavy (non-hydrogen) atoms. The first-order valence-corrected chi connectivity index (χ1v) is 8.78. The van der Waals surface area contributed by atoms with Crippen molar-refractivity contribution in [3.05, 3.63) is 47.0 Å². The van der Waals surface area contributed by atoms with Crippen LogP contribution in [0, 0.1) is 5.82 Å². The summed E-state index contributed by atoms with van der Waals surface area (Å²) in [5.41, 5.74) is 0.893. The molecule has 1 aromatic carbocycles. The van der Waals surface area contributed by atoms with Gasteiger partial charge in [-0.25, -0.2) is 4.39 Å². The van der Waals surface area contributed by atoms with Crippen molar-refractivity contribution < 1.29 is 9.13 Å². The number of rotatable bonds is 6. The van der Waals surface area contributed by atoms with Crippen LogP contribution in [0.5, 0.6) is 5.75 Å². The smallest absolute Gasteiger partial charge is 0.173 e. The number of benzene rings is 1. The van der Waals surface area contributed by atoms with E-state index in [4.69, 9.17) is 16.3 Å². The van der Waals surface area contributed by atoms with Gasteiger partial charge in [-0.05, 0) is 49.6 Å². The second kappa shape index (κ2) is 7.99. The Morgan fingerprint density at radius 3 is 2.96 bits per heavy atom. The van der Waals surface area contributed by atoms with Gasteiger partial charge in [0.1, 0.15) is 0 Å². The molecule has 0 N–H and O–H groups in total. The Balaban J connectivity index is 1.67. The van der Waals surface area contributed by atoms with Gasteiger partial charge in [-0.1, -0.05) is 18.0 Å². The van der Waals surface area contributed by atoms with E-state index in [1.165, 1.54) is 32.4 Å². The predicted octanol–water partition coefficient (Wildman–Crippen LogP) is 4.13. The lowest BCUT2D eigenvalue weighted by Gasteiger charge is -2.36. The molecule has 1 saturated heterocycles. The lowest BCUT2D eigenvalue weighted by atomic mass is 9.98. The molecule has 0 unspecified atom stereocenters. The van der Waals surface area contributed by atoms with E-state index >= 15 is 0 Å². The molecule has 130 valence electrons. The van der Waals surface area contributed by atoms with Gasteiger partial charge >= 0.3 is 0 Å². The van der Waals surface area contributed by atoms with Crippen LogP contribution in [0.15, 0.2) is 30.6 Å². The van der Waals surface area contributed by atoms with Crippen molar-refractivity contribution in [2.45, 2.75) is 44.8 Å². The summed E-state index contributed by atoms with van der Waals surface area (Å²) in [4.78, 5) is 2.44. The number of methoxy groups -OCH3 is 1. The van der Waals surface area contributed by atoms with Crippen molar-refractivity contribution in [1.29, 1.82) is 0 Å². The number of ether oxygens (including phenoxy) is 1. The molecule has 0 aliphatic carbocycles. The maximum absolute atomic E-state index is 14.1. The Bertz CT molecular complexity index is 639. The Morgan fingerprint density at radius 1 is 1.38 bits per heavy atom. The van der Waals surface area contributed by atoms with Gasteiger partial charge in [0.15, 0.2) is 11.6 Å². The fraction of sp³-hybridized carbons (Fsp3) is 0.500. The van der Waals surface area contributed by atoms with Crippen LogP contribution in [0.3, 0.4) is 0 Å². The van der Waals surface area contributed by atoms with Crippen LogP contribution < -0.4 is 4.74 Å². The fourth-order valence-electron chi connectivity index (χ4n) is 3.44. The van der Waals surface area contributed by atoms with E-state index in [2.05, 4.69) is 10.00 Å². The minimum atomic E-state index is -0.398. The first-order chi connectivity index (χ1) is 11.7. The lowest BCUT2D eigenvalue weighted by molar-refractivity contribution is 0.127. The molecule has 1 fully saturated rings. The van der Waals surface area contributed by atoms with E-state index in [9.17, 15) is 4.39 Å². The number of hydrogen-bond donors (Lipinski definition) is 0. The van der Waals surface area contributed by atoms with Crippen molar-refractivity contribution in [2.75, 3.05) is 13.7 Å². The van der Waals surface area contributed by atoms with Crippen LogP contribution in [0.2, 0.25) is 5.02 Å². The predicted molar refractivity (Wildman–Crippen MR) is 92.9 cm³/mol. The monoisotopic (exact) mass is 351 g/mol. The molecule has 6 heteroatoms. The second-order valence-corrected chi connectivity index (χ2v) is 6.68. The summed E-state index contributed by atoms with van der Waals surface area (Å²) < 4.78 is 21.0. The maximum atomic E-state index is 14.1. The van der Waals surface area contributed by atoms with E-state index in [1.807, 2.05) is 23.0 Å². The summed E-state index contributed by atoms with van der Waals surface area (Å²) in [6, 6.07) is 5.78. The summed E-state index contributed by atoms with van der Waals surface area (Å²) >= 11 is 6.12. The van der Waals surface area contributed by atoms with Gasteiger partial charge in [-0.2, -0.15) is 5.10 Å². The molecule has 3 rings (SSSR count). The zero-order chi connectivity index (χ0) is 16.9. The number of aryl methyl sites for hydroxylation is 1. The van der Waals surface area contributed by atoms with Crippen molar-refractivity contribution in [1.82, 2.24) is 14.7 Å².